The molecule has 1 atom stereocenters. The van der Waals surface area contributed by atoms with Gasteiger partial charge < -0.3 is 5.32 Å². The molecule has 0 aliphatic heterocycles. The summed E-state index contributed by atoms with van der Waals surface area (Å²) in [7, 11) is 0. The molecule has 1 rings (SSSR count). The topological polar surface area (TPSA) is 12.0 Å². The zero-order valence-electron chi connectivity index (χ0n) is 9.48. The van der Waals surface area contributed by atoms with Crippen LogP contribution in [0.4, 0.5) is 0 Å². The molecule has 0 radical (unpaired) electrons. The Morgan fingerprint density at radius 3 is 2.50 bits per heavy atom. The number of hydrogen-bond acceptors (Lipinski definition) is 1. The molecular formula is C13H15Cl2N. The van der Waals surface area contributed by atoms with Gasteiger partial charge in [-0.05, 0) is 38.0 Å². The van der Waals surface area contributed by atoms with E-state index < -0.39 is 0 Å². The number of nitrogens with one attached hydrogen (secondary N) is 1. The first kappa shape index (κ1) is 13.4. The normalized spacial score (nSPS) is 11.8. The molecule has 0 saturated heterocycles. The summed E-state index contributed by atoms with van der Waals surface area (Å²) in [5.41, 5.74) is 0.996. The average Bonchev–Trinajstić information content (AvgIpc) is 2.24. The average molecular weight is 256 g/mol. The van der Waals surface area contributed by atoms with Crippen LogP contribution in [-0.2, 0) is 6.42 Å². The minimum absolute atomic E-state index is 0.304. The van der Waals surface area contributed by atoms with Crippen molar-refractivity contribution < 1.29 is 0 Å². The second-order valence-corrected chi connectivity index (χ2v) is 4.43. The van der Waals surface area contributed by atoms with Crippen LogP contribution in [0.3, 0.4) is 0 Å². The minimum Gasteiger partial charge on any atom is -0.303 e. The van der Waals surface area contributed by atoms with Crippen molar-refractivity contribution in [2.24, 2.45) is 0 Å². The molecule has 16 heavy (non-hydrogen) atoms. The molecule has 1 aromatic carbocycles. The highest BCUT2D eigenvalue weighted by Gasteiger charge is 2.09. The van der Waals surface area contributed by atoms with Gasteiger partial charge in [0.25, 0.3) is 0 Å². The van der Waals surface area contributed by atoms with Gasteiger partial charge in [-0.2, -0.15) is 0 Å². The maximum Gasteiger partial charge on any atom is 0.0578 e. The quantitative estimate of drug-likeness (QED) is 0.812. The number of rotatable bonds is 4. The van der Waals surface area contributed by atoms with Crippen LogP contribution in [0.5, 0.6) is 0 Å². The number of hydrogen-bond donors (Lipinski definition) is 1. The standard InChI is InChI=1S/C13H15Cl2N/c1-3-4-8-16-10(2)9-11-12(14)6-5-7-13(11)15/h5-7,10,16H,8-9H2,1-2H3. The first-order chi connectivity index (χ1) is 7.65. The van der Waals surface area contributed by atoms with Crippen LogP contribution in [0.15, 0.2) is 18.2 Å². The van der Waals surface area contributed by atoms with Crippen LogP contribution in [0, 0.1) is 11.8 Å². The molecule has 0 aliphatic rings. The highest BCUT2D eigenvalue weighted by atomic mass is 35.5. The second-order valence-electron chi connectivity index (χ2n) is 3.61. The third kappa shape index (κ3) is 4.06. The fraction of sp³-hybridized carbons (Fsp3) is 0.385. The highest BCUT2D eigenvalue weighted by Crippen LogP contribution is 2.25. The predicted octanol–water partition coefficient (Wildman–Crippen LogP) is 3.54. The van der Waals surface area contributed by atoms with Crippen LogP contribution in [0.25, 0.3) is 0 Å². The minimum atomic E-state index is 0.304. The van der Waals surface area contributed by atoms with E-state index >= 15 is 0 Å². The Balaban J connectivity index is 2.61. The van der Waals surface area contributed by atoms with Crippen molar-refractivity contribution in [2.75, 3.05) is 6.54 Å². The molecule has 0 aliphatic carbocycles. The summed E-state index contributed by atoms with van der Waals surface area (Å²) in [6.07, 6.45) is 0.809. The SMILES string of the molecule is CC#CCNC(C)Cc1c(Cl)cccc1Cl. The van der Waals surface area contributed by atoms with Crippen molar-refractivity contribution in [3.05, 3.63) is 33.8 Å². The third-order valence-electron chi connectivity index (χ3n) is 2.29. The summed E-state index contributed by atoms with van der Waals surface area (Å²) < 4.78 is 0. The Morgan fingerprint density at radius 2 is 1.94 bits per heavy atom. The molecule has 0 aromatic heterocycles. The van der Waals surface area contributed by atoms with E-state index in [-0.39, 0.29) is 0 Å². The van der Waals surface area contributed by atoms with E-state index in [1.165, 1.54) is 0 Å². The zero-order valence-corrected chi connectivity index (χ0v) is 11.0. The van der Waals surface area contributed by atoms with Crippen molar-refractivity contribution in [2.45, 2.75) is 26.3 Å². The molecule has 1 aromatic rings. The van der Waals surface area contributed by atoms with E-state index in [1.54, 1.807) is 0 Å². The van der Waals surface area contributed by atoms with Crippen LogP contribution in [-0.4, -0.2) is 12.6 Å². The van der Waals surface area contributed by atoms with Crippen LogP contribution < -0.4 is 5.32 Å². The second kappa shape index (κ2) is 6.81. The van der Waals surface area contributed by atoms with Gasteiger partial charge in [0.15, 0.2) is 0 Å². The van der Waals surface area contributed by atoms with E-state index in [1.807, 2.05) is 25.1 Å². The van der Waals surface area contributed by atoms with Crippen LogP contribution in [0.1, 0.15) is 19.4 Å². The molecule has 0 fully saturated rings. The predicted molar refractivity (Wildman–Crippen MR) is 71.1 cm³/mol. The molecule has 1 unspecified atom stereocenters. The molecule has 0 saturated carbocycles. The summed E-state index contributed by atoms with van der Waals surface area (Å²) in [6, 6.07) is 5.88. The molecule has 0 heterocycles. The van der Waals surface area contributed by atoms with Gasteiger partial charge in [-0.25, -0.2) is 0 Å². The summed E-state index contributed by atoms with van der Waals surface area (Å²) in [5, 5.41) is 4.75. The van der Waals surface area contributed by atoms with Crippen molar-refractivity contribution in [1.82, 2.24) is 5.32 Å². The highest BCUT2D eigenvalue weighted by molar-refractivity contribution is 6.35. The van der Waals surface area contributed by atoms with Crippen molar-refractivity contribution in [3.8, 4) is 11.8 Å². The van der Waals surface area contributed by atoms with Gasteiger partial charge in [0, 0.05) is 16.1 Å². The smallest absolute Gasteiger partial charge is 0.0578 e. The van der Waals surface area contributed by atoms with Gasteiger partial charge in [0.05, 0.1) is 6.54 Å². The molecule has 86 valence electrons. The van der Waals surface area contributed by atoms with Gasteiger partial charge in [-0.15, -0.1) is 5.92 Å². The van der Waals surface area contributed by atoms with Crippen LogP contribution in [0.2, 0.25) is 10.0 Å². The van der Waals surface area contributed by atoms with E-state index in [9.17, 15) is 0 Å². The van der Waals surface area contributed by atoms with Gasteiger partial charge in [0.2, 0.25) is 0 Å². The van der Waals surface area contributed by atoms with Crippen molar-refractivity contribution in [1.29, 1.82) is 0 Å². The number of halogens is 2. The first-order valence-corrected chi connectivity index (χ1v) is 5.96. The fourth-order valence-electron chi connectivity index (χ4n) is 1.42. The van der Waals surface area contributed by atoms with E-state index in [4.69, 9.17) is 23.2 Å². The Morgan fingerprint density at radius 1 is 1.31 bits per heavy atom. The molecular weight excluding hydrogens is 241 g/mol. The molecule has 3 heteroatoms. The summed E-state index contributed by atoms with van der Waals surface area (Å²) in [5.74, 6) is 5.81. The Kier molecular flexibility index (Phi) is 5.69. The molecule has 0 bridgehead atoms. The zero-order chi connectivity index (χ0) is 12.0. The lowest BCUT2D eigenvalue weighted by Crippen LogP contribution is -2.28. The van der Waals surface area contributed by atoms with E-state index in [0.717, 1.165) is 22.0 Å². The maximum absolute atomic E-state index is 6.09. The number of benzene rings is 1. The lowest BCUT2D eigenvalue weighted by molar-refractivity contribution is 0.585. The maximum atomic E-state index is 6.09. The summed E-state index contributed by atoms with van der Waals surface area (Å²) in [4.78, 5) is 0. The Labute approximate surface area is 107 Å². The molecule has 1 nitrogen and oxygen atoms in total. The molecule has 0 amide bonds. The Bertz CT molecular complexity index is 384. The van der Waals surface area contributed by atoms with Crippen molar-refractivity contribution >= 4 is 23.2 Å². The largest absolute Gasteiger partial charge is 0.303 e. The fourth-order valence-corrected chi connectivity index (χ4v) is 1.97. The monoisotopic (exact) mass is 255 g/mol. The van der Waals surface area contributed by atoms with E-state index in [0.29, 0.717) is 12.6 Å². The van der Waals surface area contributed by atoms with Gasteiger partial charge in [0.1, 0.15) is 0 Å². The third-order valence-corrected chi connectivity index (χ3v) is 3.00. The van der Waals surface area contributed by atoms with Crippen LogP contribution >= 0.6 is 23.2 Å². The Hall–Kier alpha value is -0.680. The summed E-state index contributed by atoms with van der Waals surface area (Å²) in [6.45, 7) is 4.62. The first-order valence-electron chi connectivity index (χ1n) is 5.21. The lowest BCUT2D eigenvalue weighted by atomic mass is 10.1. The van der Waals surface area contributed by atoms with Gasteiger partial charge in [-0.1, -0.05) is 35.2 Å². The molecule has 1 N–H and O–H groups in total. The van der Waals surface area contributed by atoms with Gasteiger partial charge >= 0.3 is 0 Å². The summed E-state index contributed by atoms with van der Waals surface area (Å²) >= 11 is 12.2. The lowest BCUT2D eigenvalue weighted by Gasteiger charge is -2.14. The van der Waals surface area contributed by atoms with Crippen molar-refractivity contribution in [3.63, 3.8) is 0 Å². The molecule has 0 spiro atoms. The van der Waals surface area contributed by atoms with Gasteiger partial charge in [-0.3, -0.25) is 0 Å². The van der Waals surface area contributed by atoms with E-state index in [2.05, 4.69) is 24.1 Å².